The number of carbonyl (C=O) groups excluding carboxylic acids is 2. The number of aromatic nitrogens is 1. The normalized spacial score (nSPS) is 16.5. The molecule has 9 heteroatoms. The standard InChI is InChI=1S/C19H23ClN4O4/c1-12-8-16(23-28-12)18(25)21-10-13-4-3-7-24(11-13)19(26)22-15-9-14(20)5-6-17(15)27-2/h5-6,8-9,13H,3-4,7,10-11H2,1-2H3,(H,21,25)(H,22,26)/t13-/m0/s1. The van der Waals surface area contributed by atoms with Gasteiger partial charge in [0.15, 0.2) is 5.69 Å². The van der Waals surface area contributed by atoms with E-state index >= 15 is 0 Å². The van der Waals surface area contributed by atoms with Gasteiger partial charge in [-0.3, -0.25) is 4.79 Å². The summed E-state index contributed by atoms with van der Waals surface area (Å²) in [5, 5.41) is 9.93. The second kappa shape index (κ2) is 8.97. The zero-order valence-electron chi connectivity index (χ0n) is 15.8. The van der Waals surface area contributed by atoms with Crippen molar-refractivity contribution in [1.82, 2.24) is 15.4 Å². The van der Waals surface area contributed by atoms with Crippen molar-refractivity contribution in [3.8, 4) is 5.75 Å². The highest BCUT2D eigenvalue weighted by Gasteiger charge is 2.25. The number of hydrogen-bond donors (Lipinski definition) is 2. The lowest BCUT2D eigenvalue weighted by atomic mass is 9.98. The zero-order valence-corrected chi connectivity index (χ0v) is 16.6. The Balaban J connectivity index is 1.55. The van der Waals surface area contributed by atoms with Crippen molar-refractivity contribution in [3.63, 3.8) is 0 Å². The predicted octanol–water partition coefficient (Wildman–Crippen LogP) is 3.32. The van der Waals surface area contributed by atoms with Crippen LogP contribution in [-0.4, -0.2) is 48.7 Å². The third-order valence-electron chi connectivity index (χ3n) is 4.62. The Bertz CT molecular complexity index is 854. The minimum absolute atomic E-state index is 0.165. The van der Waals surface area contributed by atoms with Crippen LogP contribution in [0, 0.1) is 12.8 Å². The fraction of sp³-hybridized carbons (Fsp3) is 0.421. The number of hydrogen-bond acceptors (Lipinski definition) is 5. The Kier molecular flexibility index (Phi) is 6.41. The number of ether oxygens (including phenoxy) is 1. The molecule has 0 saturated carbocycles. The highest BCUT2D eigenvalue weighted by molar-refractivity contribution is 6.31. The van der Waals surface area contributed by atoms with Gasteiger partial charge >= 0.3 is 6.03 Å². The van der Waals surface area contributed by atoms with Crippen LogP contribution in [0.25, 0.3) is 0 Å². The molecular weight excluding hydrogens is 384 g/mol. The first-order chi connectivity index (χ1) is 13.5. The maximum atomic E-state index is 12.7. The Labute approximate surface area is 168 Å². The molecule has 1 aliphatic rings. The van der Waals surface area contributed by atoms with E-state index in [0.717, 1.165) is 12.8 Å². The maximum Gasteiger partial charge on any atom is 0.321 e. The van der Waals surface area contributed by atoms with E-state index in [1.807, 2.05) is 0 Å². The van der Waals surface area contributed by atoms with Crippen LogP contribution in [-0.2, 0) is 0 Å². The van der Waals surface area contributed by atoms with Gasteiger partial charge in [-0.25, -0.2) is 4.79 Å². The number of likely N-dealkylation sites (tertiary alicyclic amines) is 1. The van der Waals surface area contributed by atoms with Crippen LogP contribution < -0.4 is 15.4 Å². The third-order valence-corrected chi connectivity index (χ3v) is 4.86. The molecule has 8 nitrogen and oxygen atoms in total. The number of amides is 3. The highest BCUT2D eigenvalue weighted by Crippen LogP contribution is 2.28. The summed E-state index contributed by atoms with van der Waals surface area (Å²) in [6.07, 6.45) is 1.80. The molecule has 0 spiro atoms. The zero-order chi connectivity index (χ0) is 20.1. The van der Waals surface area contributed by atoms with Crippen LogP contribution in [0.4, 0.5) is 10.5 Å². The number of nitrogens with zero attached hydrogens (tertiary/aromatic N) is 2. The minimum atomic E-state index is -0.276. The number of methoxy groups -OCH3 is 1. The van der Waals surface area contributed by atoms with Crippen molar-refractivity contribution in [1.29, 1.82) is 0 Å². The average Bonchev–Trinajstić information content (AvgIpc) is 3.13. The summed E-state index contributed by atoms with van der Waals surface area (Å²) in [5.74, 6) is 1.02. The lowest BCUT2D eigenvalue weighted by molar-refractivity contribution is 0.0929. The Morgan fingerprint density at radius 3 is 2.93 bits per heavy atom. The lowest BCUT2D eigenvalue weighted by Gasteiger charge is -2.33. The smallest absolute Gasteiger partial charge is 0.321 e. The van der Waals surface area contributed by atoms with Crippen molar-refractivity contribution in [3.05, 3.63) is 40.7 Å². The van der Waals surface area contributed by atoms with Crippen molar-refractivity contribution in [2.75, 3.05) is 32.1 Å². The van der Waals surface area contributed by atoms with Crippen molar-refractivity contribution in [2.45, 2.75) is 19.8 Å². The Morgan fingerprint density at radius 2 is 2.21 bits per heavy atom. The highest BCUT2D eigenvalue weighted by atomic mass is 35.5. The largest absolute Gasteiger partial charge is 0.495 e. The van der Waals surface area contributed by atoms with E-state index in [9.17, 15) is 9.59 Å². The van der Waals surface area contributed by atoms with Gasteiger partial charge in [-0.1, -0.05) is 16.8 Å². The molecule has 2 heterocycles. The maximum absolute atomic E-state index is 12.7. The van der Waals surface area contributed by atoms with Gasteiger partial charge in [0.2, 0.25) is 0 Å². The molecular formula is C19H23ClN4O4. The number of nitrogens with one attached hydrogen (secondary N) is 2. The molecule has 0 aliphatic carbocycles. The number of urea groups is 1. The van der Waals surface area contributed by atoms with Crippen LogP contribution in [0.2, 0.25) is 5.02 Å². The van der Waals surface area contributed by atoms with E-state index < -0.39 is 0 Å². The number of anilines is 1. The summed E-state index contributed by atoms with van der Waals surface area (Å²) < 4.78 is 10.2. The van der Waals surface area contributed by atoms with Crippen molar-refractivity contribution in [2.24, 2.45) is 5.92 Å². The van der Waals surface area contributed by atoms with Crippen LogP contribution in [0.5, 0.6) is 5.75 Å². The monoisotopic (exact) mass is 406 g/mol. The molecule has 0 radical (unpaired) electrons. The Morgan fingerprint density at radius 1 is 1.39 bits per heavy atom. The fourth-order valence-corrected chi connectivity index (χ4v) is 3.36. The first-order valence-electron chi connectivity index (χ1n) is 9.07. The molecule has 3 rings (SSSR count). The number of halogens is 1. The summed E-state index contributed by atoms with van der Waals surface area (Å²) in [7, 11) is 1.54. The average molecular weight is 407 g/mol. The molecule has 3 amide bonds. The van der Waals surface area contributed by atoms with Crippen LogP contribution in [0.3, 0.4) is 0 Å². The second-order valence-electron chi connectivity index (χ2n) is 6.76. The first kappa shape index (κ1) is 20.0. The van der Waals surface area contributed by atoms with Crippen molar-refractivity contribution < 1.29 is 18.8 Å². The molecule has 1 saturated heterocycles. The van der Waals surface area contributed by atoms with Gasteiger partial charge in [0.05, 0.1) is 12.8 Å². The summed E-state index contributed by atoms with van der Waals surface area (Å²) in [6, 6.07) is 6.43. The van der Waals surface area contributed by atoms with Gasteiger partial charge in [-0.15, -0.1) is 0 Å². The second-order valence-corrected chi connectivity index (χ2v) is 7.20. The third kappa shape index (κ3) is 4.95. The number of benzene rings is 1. The predicted molar refractivity (Wildman–Crippen MR) is 105 cm³/mol. The van der Waals surface area contributed by atoms with Crippen LogP contribution in [0.1, 0.15) is 29.1 Å². The molecule has 1 aliphatic heterocycles. The van der Waals surface area contributed by atoms with Crippen molar-refractivity contribution >= 4 is 29.2 Å². The molecule has 2 aromatic rings. The van der Waals surface area contributed by atoms with Gasteiger partial charge < -0.3 is 24.8 Å². The molecule has 1 fully saturated rings. The van der Waals surface area contributed by atoms with Gasteiger partial charge in [0.1, 0.15) is 11.5 Å². The Hall–Kier alpha value is -2.74. The molecule has 150 valence electrons. The molecule has 0 bridgehead atoms. The lowest BCUT2D eigenvalue weighted by Crippen LogP contribution is -2.45. The van der Waals surface area contributed by atoms with E-state index in [0.29, 0.717) is 41.9 Å². The van der Waals surface area contributed by atoms with Gasteiger partial charge in [0.25, 0.3) is 5.91 Å². The molecule has 1 aromatic heterocycles. The van der Waals surface area contributed by atoms with E-state index in [2.05, 4.69) is 15.8 Å². The SMILES string of the molecule is COc1ccc(Cl)cc1NC(=O)N1CCC[C@@H](CNC(=O)c2cc(C)on2)C1. The topological polar surface area (TPSA) is 96.7 Å². The van der Waals surface area contributed by atoms with E-state index in [1.54, 1.807) is 36.1 Å². The van der Waals surface area contributed by atoms with E-state index in [1.165, 1.54) is 7.11 Å². The molecule has 2 N–H and O–H groups in total. The molecule has 28 heavy (non-hydrogen) atoms. The molecule has 1 atom stereocenters. The number of aryl methyl sites for hydroxylation is 1. The van der Waals surface area contributed by atoms with E-state index in [-0.39, 0.29) is 23.6 Å². The summed E-state index contributed by atoms with van der Waals surface area (Å²) in [6.45, 7) is 3.40. The van der Waals surface area contributed by atoms with Gasteiger partial charge in [-0.2, -0.15) is 0 Å². The van der Waals surface area contributed by atoms with Crippen LogP contribution >= 0.6 is 11.6 Å². The quantitative estimate of drug-likeness (QED) is 0.793. The first-order valence-corrected chi connectivity index (χ1v) is 9.45. The number of rotatable bonds is 5. The summed E-state index contributed by atoms with van der Waals surface area (Å²) in [5.41, 5.74) is 0.785. The summed E-state index contributed by atoms with van der Waals surface area (Å²) >= 11 is 6.02. The van der Waals surface area contributed by atoms with Gasteiger partial charge in [0, 0.05) is 30.7 Å². The van der Waals surface area contributed by atoms with E-state index in [4.69, 9.17) is 20.9 Å². The molecule has 1 aromatic carbocycles. The number of carbonyl (C=O) groups is 2. The summed E-state index contributed by atoms with van der Waals surface area (Å²) in [4.78, 5) is 26.5. The van der Waals surface area contributed by atoms with Gasteiger partial charge in [-0.05, 0) is 43.9 Å². The molecule has 0 unspecified atom stereocenters. The number of piperidine rings is 1. The fourth-order valence-electron chi connectivity index (χ4n) is 3.19. The minimum Gasteiger partial charge on any atom is -0.495 e. The van der Waals surface area contributed by atoms with Crippen LogP contribution in [0.15, 0.2) is 28.8 Å².